The Hall–Kier alpha value is -1.60. The second kappa shape index (κ2) is 7.33. The molecule has 0 spiro atoms. The van der Waals surface area contributed by atoms with Gasteiger partial charge in [-0.2, -0.15) is 0 Å². The van der Waals surface area contributed by atoms with Gasteiger partial charge in [0.25, 0.3) is 5.56 Å². The topological polar surface area (TPSA) is 63.9 Å². The molecule has 0 atom stereocenters. The van der Waals surface area contributed by atoms with Crippen molar-refractivity contribution in [2.24, 2.45) is 5.92 Å². The van der Waals surface area contributed by atoms with Crippen molar-refractivity contribution in [3.63, 3.8) is 0 Å². The molecule has 0 radical (unpaired) electrons. The van der Waals surface area contributed by atoms with Crippen LogP contribution in [0.25, 0.3) is 0 Å². The van der Waals surface area contributed by atoms with Crippen LogP contribution < -0.4 is 5.56 Å². The van der Waals surface area contributed by atoms with Crippen LogP contribution in [0.1, 0.15) is 49.3 Å². The number of aromatic nitrogens is 4. The minimum atomic E-state index is -0.0906. The molecule has 0 saturated carbocycles. The summed E-state index contributed by atoms with van der Waals surface area (Å²) in [4.78, 5) is 19.3. The summed E-state index contributed by atoms with van der Waals surface area (Å²) in [6.07, 6.45) is 3.93. The van der Waals surface area contributed by atoms with Crippen LogP contribution in [0.15, 0.2) is 17.2 Å². The Morgan fingerprint density at radius 1 is 1.24 bits per heavy atom. The number of rotatable bonds is 4. The fourth-order valence-corrected chi connectivity index (χ4v) is 3.92. The Kier molecular flexibility index (Phi) is 5.34. The molecule has 3 rings (SSSR count). The summed E-state index contributed by atoms with van der Waals surface area (Å²) in [5.41, 5.74) is 0.828. The highest BCUT2D eigenvalue weighted by atomic mass is 32.1. The molecular formula is C18H27N5OS. The molecule has 1 fully saturated rings. The quantitative estimate of drug-likeness (QED) is 0.838. The molecule has 0 amide bonds. The van der Waals surface area contributed by atoms with Crippen molar-refractivity contribution >= 4 is 11.3 Å². The van der Waals surface area contributed by atoms with E-state index in [-0.39, 0.29) is 11.0 Å². The average molecular weight is 362 g/mol. The number of hydrogen-bond acceptors (Lipinski definition) is 6. The zero-order valence-electron chi connectivity index (χ0n) is 15.5. The van der Waals surface area contributed by atoms with Crippen molar-refractivity contribution < 1.29 is 0 Å². The smallest absolute Gasteiger partial charge is 0.253 e. The van der Waals surface area contributed by atoms with Gasteiger partial charge in [-0.3, -0.25) is 14.3 Å². The molecule has 0 aliphatic carbocycles. The Morgan fingerprint density at radius 3 is 2.52 bits per heavy atom. The molecular weight excluding hydrogens is 334 g/mol. The van der Waals surface area contributed by atoms with Crippen molar-refractivity contribution in [3.05, 3.63) is 38.5 Å². The van der Waals surface area contributed by atoms with E-state index in [4.69, 9.17) is 0 Å². The molecule has 3 heterocycles. The largest absolute Gasteiger partial charge is 0.299 e. The fourth-order valence-electron chi connectivity index (χ4n) is 3.17. The molecule has 7 heteroatoms. The molecule has 0 N–H and O–H groups in total. The van der Waals surface area contributed by atoms with Crippen molar-refractivity contribution in [1.29, 1.82) is 0 Å². The first-order chi connectivity index (χ1) is 11.8. The molecule has 1 aliphatic heterocycles. The van der Waals surface area contributed by atoms with Gasteiger partial charge in [-0.05, 0) is 38.8 Å². The summed E-state index contributed by atoms with van der Waals surface area (Å²) >= 11 is 1.67. The summed E-state index contributed by atoms with van der Waals surface area (Å²) in [5.74, 6) is 0.535. The highest BCUT2D eigenvalue weighted by Gasteiger charge is 2.22. The van der Waals surface area contributed by atoms with E-state index in [9.17, 15) is 4.79 Å². The maximum atomic E-state index is 12.4. The SMILES string of the molecule is Cc1nnc(CN2CCC(Cn3cnc(C(C)(C)C)cc3=O)CC2)s1. The second-order valence-electron chi connectivity index (χ2n) is 7.95. The third-order valence-corrected chi connectivity index (χ3v) is 5.56. The normalized spacial score (nSPS) is 17.1. The first kappa shape index (κ1) is 18.2. The van der Waals surface area contributed by atoms with Gasteiger partial charge in [0.1, 0.15) is 10.0 Å². The minimum Gasteiger partial charge on any atom is -0.299 e. The molecule has 1 saturated heterocycles. The predicted molar refractivity (Wildman–Crippen MR) is 99.8 cm³/mol. The third kappa shape index (κ3) is 4.73. The first-order valence-electron chi connectivity index (χ1n) is 8.89. The highest BCUT2D eigenvalue weighted by molar-refractivity contribution is 7.11. The number of piperidine rings is 1. The first-order valence-corrected chi connectivity index (χ1v) is 9.71. The van der Waals surface area contributed by atoms with Gasteiger partial charge in [0.2, 0.25) is 0 Å². The molecule has 25 heavy (non-hydrogen) atoms. The highest BCUT2D eigenvalue weighted by Crippen LogP contribution is 2.22. The monoisotopic (exact) mass is 361 g/mol. The van der Waals surface area contributed by atoms with Gasteiger partial charge in [0.05, 0.1) is 18.6 Å². The van der Waals surface area contributed by atoms with E-state index in [2.05, 4.69) is 40.9 Å². The lowest BCUT2D eigenvalue weighted by atomic mass is 9.92. The lowest BCUT2D eigenvalue weighted by Crippen LogP contribution is -2.36. The minimum absolute atomic E-state index is 0.0617. The summed E-state index contributed by atoms with van der Waals surface area (Å²) in [5, 5.41) is 10.4. The van der Waals surface area contributed by atoms with E-state index < -0.39 is 0 Å². The average Bonchev–Trinajstić information content (AvgIpc) is 2.95. The third-order valence-electron chi connectivity index (χ3n) is 4.74. The van der Waals surface area contributed by atoms with Crippen LogP contribution >= 0.6 is 11.3 Å². The Morgan fingerprint density at radius 2 is 1.96 bits per heavy atom. The van der Waals surface area contributed by atoms with Crippen LogP contribution in [0, 0.1) is 12.8 Å². The summed E-state index contributed by atoms with van der Waals surface area (Å²) < 4.78 is 1.77. The Bertz CT molecular complexity index is 768. The maximum Gasteiger partial charge on any atom is 0.253 e. The van der Waals surface area contributed by atoms with Gasteiger partial charge in [-0.1, -0.05) is 20.8 Å². The zero-order valence-corrected chi connectivity index (χ0v) is 16.3. The molecule has 0 unspecified atom stereocenters. The Labute approximate surface area is 152 Å². The van der Waals surface area contributed by atoms with Gasteiger partial charge < -0.3 is 0 Å². The van der Waals surface area contributed by atoms with Crippen LogP contribution in [0.3, 0.4) is 0 Å². The molecule has 136 valence electrons. The lowest BCUT2D eigenvalue weighted by Gasteiger charge is -2.31. The predicted octanol–water partition coefficient (Wildman–Crippen LogP) is 2.61. The standard InChI is InChI=1S/C18H27N5OS/c1-13-20-21-16(25-13)11-22-7-5-14(6-8-22)10-23-12-19-15(9-17(23)24)18(2,3)4/h9,12,14H,5-8,10-11H2,1-4H3. The van der Waals surface area contributed by atoms with Gasteiger partial charge >= 0.3 is 0 Å². The summed E-state index contributed by atoms with van der Waals surface area (Å²) in [6, 6.07) is 1.69. The van der Waals surface area contributed by atoms with E-state index in [1.165, 1.54) is 0 Å². The number of aryl methyl sites for hydroxylation is 1. The van der Waals surface area contributed by atoms with E-state index >= 15 is 0 Å². The van der Waals surface area contributed by atoms with E-state index in [0.29, 0.717) is 5.92 Å². The van der Waals surface area contributed by atoms with Gasteiger partial charge in [-0.15, -0.1) is 21.5 Å². The van der Waals surface area contributed by atoms with Gasteiger partial charge in [-0.25, -0.2) is 4.98 Å². The molecule has 0 bridgehead atoms. The summed E-state index contributed by atoms with van der Waals surface area (Å²) in [6.45, 7) is 12.0. The van der Waals surface area contributed by atoms with Crippen LogP contribution in [0.5, 0.6) is 0 Å². The summed E-state index contributed by atoms with van der Waals surface area (Å²) in [7, 11) is 0. The van der Waals surface area contributed by atoms with Crippen molar-refractivity contribution in [2.75, 3.05) is 13.1 Å². The Balaban J connectivity index is 1.54. The molecule has 0 aromatic carbocycles. The number of hydrogen-bond donors (Lipinski definition) is 0. The lowest BCUT2D eigenvalue weighted by molar-refractivity contribution is 0.166. The molecule has 2 aromatic rings. The van der Waals surface area contributed by atoms with Crippen LogP contribution in [0.4, 0.5) is 0 Å². The van der Waals surface area contributed by atoms with Crippen molar-refractivity contribution in [2.45, 2.75) is 59.0 Å². The fraction of sp³-hybridized carbons (Fsp3) is 0.667. The van der Waals surface area contributed by atoms with Crippen molar-refractivity contribution in [1.82, 2.24) is 24.6 Å². The second-order valence-corrected chi connectivity index (χ2v) is 9.22. The molecule has 2 aromatic heterocycles. The zero-order chi connectivity index (χ0) is 18.0. The van der Waals surface area contributed by atoms with E-state index in [0.717, 1.165) is 54.7 Å². The van der Waals surface area contributed by atoms with Crippen molar-refractivity contribution in [3.8, 4) is 0 Å². The number of likely N-dealkylation sites (tertiary alicyclic amines) is 1. The molecule has 1 aliphatic rings. The van der Waals surface area contributed by atoms with E-state index in [1.54, 1.807) is 28.3 Å². The number of nitrogens with zero attached hydrogens (tertiary/aromatic N) is 5. The van der Waals surface area contributed by atoms with Crippen LogP contribution in [0.2, 0.25) is 0 Å². The van der Waals surface area contributed by atoms with Crippen LogP contribution in [-0.4, -0.2) is 37.7 Å². The molecule has 6 nitrogen and oxygen atoms in total. The maximum absolute atomic E-state index is 12.4. The van der Waals surface area contributed by atoms with Gasteiger partial charge in [0.15, 0.2) is 0 Å². The van der Waals surface area contributed by atoms with Crippen LogP contribution in [-0.2, 0) is 18.5 Å². The van der Waals surface area contributed by atoms with E-state index in [1.807, 2.05) is 6.92 Å². The van der Waals surface area contributed by atoms with Gasteiger partial charge in [0, 0.05) is 18.0 Å².